The lowest BCUT2D eigenvalue weighted by Crippen LogP contribution is -2.46. The Morgan fingerprint density at radius 2 is 2.11 bits per heavy atom. The molecule has 1 aliphatic heterocycles. The molecule has 0 aromatic heterocycles. The molecule has 27 heavy (non-hydrogen) atoms. The first kappa shape index (κ1) is 21.5. The average molecular weight is 418 g/mol. The Morgan fingerprint density at radius 3 is 2.74 bits per heavy atom. The van der Waals surface area contributed by atoms with E-state index in [2.05, 4.69) is 5.32 Å². The van der Waals surface area contributed by atoms with Gasteiger partial charge in [-0.25, -0.2) is 12.7 Å². The van der Waals surface area contributed by atoms with Crippen LogP contribution in [-0.2, 0) is 19.6 Å². The van der Waals surface area contributed by atoms with E-state index in [4.69, 9.17) is 16.3 Å². The van der Waals surface area contributed by atoms with Crippen LogP contribution in [0.25, 0.3) is 0 Å². The van der Waals surface area contributed by atoms with Crippen molar-refractivity contribution in [1.29, 1.82) is 0 Å². The van der Waals surface area contributed by atoms with Gasteiger partial charge in [-0.3, -0.25) is 9.59 Å². The highest BCUT2D eigenvalue weighted by Gasteiger charge is 2.32. The normalized spacial score (nSPS) is 18.0. The molecule has 150 valence electrons. The molecule has 0 bridgehead atoms. The van der Waals surface area contributed by atoms with E-state index in [1.54, 1.807) is 18.2 Å². The van der Waals surface area contributed by atoms with Crippen molar-refractivity contribution in [3.05, 3.63) is 23.2 Å². The number of sulfonamides is 1. The number of halogens is 1. The minimum Gasteiger partial charge on any atom is -0.495 e. The molecule has 1 fully saturated rings. The van der Waals surface area contributed by atoms with Gasteiger partial charge in [0.25, 0.3) is 0 Å². The Morgan fingerprint density at radius 1 is 1.41 bits per heavy atom. The molecule has 1 atom stereocenters. The molecule has 1 aromatic carbocycles. The van der Waals surface area contributed by atoms with Crippen LogP contribution < -0.4 is 10.1 Å². The third-order valence-electron chi connectivity index (χ3n) is 4.39. The maximum Gasteiger partial charge on any atom is 0.244 e. The van der Waals surface area contributed by atoms with Crippen LogP contribution in [0.15, 0.2) is 18.2 Å². The number of nitrogens with zero attached hydrogens (tertiary/aromatic N) is 2. The van der Waals surface area contributed by atoms with E-state index in [0.29, 0.717) is 35.8 Å². The number of benzene rings is 1. The maximum atomic E-state index is 12.6. The quantitative estimate of drug-likeness (QED) is 0.755. The molecule has 1 aromatic rings. The fourth-order valence-corrected chi connectivity index (χ4v) is 4.10. The molecule has 1 heterocycles. The highest BCUT2D eigenvalue weighted by Crippen LogP contribution is 2.27. The Labute approximate surface area is 164 Å². The number of carbonyl (C=O) groups excluding carboxylic acids is 2. The summed E-state index contributed by atoms with van der Waals surface area (Å²) < 4.78 is 29.9. The van der Waals surface area contributed by atoms with E-state index in [0.717, 1.165) is 6.26 Å². The van der Waals surface area contributed by atoms with Crippen molar-refractivity contribution in [3.8, 4) is 5.75 Å². The predicted octanol–water partition coefficient (Wildman–Crippen LogP) is 1.42. The Bertz CT molecular complexity index is 815. The monoisotopic (exact) mass is 417 g/mol. The van der Waals surface area contributed by atoms with Crippen LogP contribution in [0, 0.1) is 5.92 Å². The second-order valence-corrected chi connectivity index (χ2v) is 8.97. The summed E-state index contributed by atoms with van der Waals surface area (Å²) in [6.45, 7) is 0.400. The van der Waals surface area contributed by atoms with E-state index in [9.17, 15) is 18.0 Å². The van der Waals surface area contributed by atoms with E-state index in [1.165, 1.54) is 23.4 Å². The number of ether oxygens (including phenoxy) is 1. The van der Waals surface area contributed by atoms with Crippen molar-refractivity contribution in [2.75, 3.05) is 45.4 Å². The van der Waals surface area contributed by atoms with Gasteiger partial charge in [-0.05, 0) is 31.0 Å². The SMILES string of the molecule is COc1ccc(Cl)cc1NC(=O)CN(C)C(=O)C1CCCN(S(C)(=O)=O)C1. The number of anilines is 1. The highest BCUT2D eigenvalue weighted by molar-refractivity contribution is 7.88. The third-order valence-corrected chi connectivity index (χ3v) is 5.90. The number of likely N-dealkylation sites (N-methyl/N-ethyl adjacent to an activating group) is 1. The standard InChI is InChI=1S/C17H24ClN3O5S/c1-20(17(23)12-5-4-8-21(10-12)27(3,24)25)11-16(22)19-14-9-13(18)6-7-15(14)26-2/h6-7,9,12H,4-5,8,10-11H2,1-3H3,(H,19,22). The lowest BCUT2D eigenvalue weighted by molar-refractivity contribution is -0.138. The number of piperidine rings is 1. The van der Waals surface area contributed by atoms with Crippen molar-refractivity contribution in [2.45, 2.75) is 12.8 Å². The van der Waals surface area contributed by atoms with E-state index in [-0.39, 0.29) is 19.0 Å². The zero-order valence-corrected chi connectivity index (χ0v) is 17.1. The smallest absolute Gasteiger partial charge is 0.244 e. The predicted molar refractivity (Wildman–Crippen MR) is 103 cm³/mol. The zero-order chi connectivity index (χ0) is 20.2. The van der Waals surface area contributed by atoms with Crippen molar-refractivity contribution in [2.24, 2.45) is 5.92 Å². The van der Waals surface area contributed by atoms with Crippen molar-refractivity contribution in [1.82, 2.24) is 9.21 Å². The molecule has 1 aliphatic rings. The van der Waals surface area contributed by atoms with Gasteiger partial charge in [0, 0.05) is 25.2 Å². The molecule has 1 N–H and O–H groups in total. The van der Waals surface area contributed by atoms with Gasteiger partial charge >= 0.3 is 0 Å². The fourth-order valence-electron chi connectivity index (χ4n) is 3.02. The van der Waals surface area contributed by atoms with Gasteiger partial charge in [-0.1, -0.05) is 11.6 Å². The summed E-state index contributed by atoms with van der Waals surface area (Å²) >= 11 is 5.94. The third kappa shape index (κ3) is 5.82. The van der Waals surface area contributed by atoms with Crippen molar-refractivity contribution in [3.63, 3.8) is 0 Å². The summed E-state index contributed by atoms with van der Waals surface area (Å²) in [6, 6.07) is 4.84. The minimum atomic E-state index is -3.34. The summed E-state index contributed by atoms with van der Waals surface area (Å²) in [5.41, 5.74) is 0.414. The van der Waals surface area contributed by atoms with E-state index >= 15 is 0 Å². The second kappa shape index (κ2) is 8.90. The lowest BCUT2D eigenvalue weighted by Gasteiger charge is -2.32. The van der Waals surface area contributed by atoms with E-state index in [1.807, 2.05) is 0 Å². The van der Waals surface area contributed by atoms with Gasteiger partial charge in [0.05, 0.1) is 31.5 Å². The molecule has 2 amide bonds. The van der Waals surface area contributed by atoms with Crippen molar-refractivity contribution < 1.29 is 22.7 Å². The number of methoxy groups -OCH3 is 1. The molecule has 8 nitrogen and oxygen atoms in total. The minimum absolute atomic E-state index is 0.145. The number of carbonyl (C=O) groups is 2. The molecule has 0 spiro atoms. The van der Waals surface area contributed by atoms with Gasteiger partial charge < -0.3 is 15.0 Å². The fraction of sp³-hybridized carbons (Fsp3) is 0.529. The molecule has 10 heteroatoms. The summed E-state index contributed by atoms with van der Waals surface area (Å²) in [5, 5.41) is 3.12. The first-order valence-corrected chi connectivity index (χ1v) is 10.7. The maximum absolute atomic E-state index is 12.6. The highest BCUT2D eigenvalue weighted by atomic mass is 35.5. The molecule has 2 rings (SSSR count). The average Bonchev–Trinajstić information content (AvgIpc) is 2.60. The topological polar surface area (TPSA) is 96.0 Å². The van der Waals surface area contributed by atoms with Crippen LogP contribution >= 0.6 is 11.6 Å². The molecule has 0 aliphatic carbocycles. The molecule has 1 saturated heterocycles. The van der Waals surface area contributed by atoms with Gasteiger partial charge in [0.2, 0.25) is 21.8 Å². The zero-order valence-electron chi connectivity index (χ0n) is 15.6. The van der Waals surface area contributed by atoms with Crippen LogP contribution in [0.3, 0.4) is 0 Å². The van der Waals surface area contributed by atoms with Crippen LogP contribution in [0.1, 0.15) is 12.8 Å². The summed E-state index contributed by atoms with van der Waals surface area (Å²) in [6.07, 6.45) is 2.34. The first-order valence-electron chi connectivity index (χ1n) is 8.45. The number of nitrogens with one attached hydrogen (secondary N) is 1. The number of rotatable bonds is 6. The van der Waals surface area contributed by atoms with Crippen molar-refractivity contribution >= 4 is 39.1 Å². The second-order valence-electron chi connectivity index (χ2n) is 6.55. The van der Waals surface area contributed by atoms with Gasteiger partial charge in [0.1, 0.15) is 5.75 Å². The molecule has 0 saturated carbocycles. The van der Waals surface area contributed by atoms with Crippen LogP contribution in [-0.4, -0.2) is 69.5 Å². The van der Waals surface area contributed by atoms with Crippen LogP contribution in [0.4, 0.5) is 5.69 Å². The summed E-state index contributed by atoms with van der Waals surface area (Å²) in [7, 11) is -0.335. The first-order chi connectivity index (χ1) is 12.6. The molecular weight excluding hydrogens is 394 g/mol. The number of hydrogen-bond acceptors (Lipinski definition) is 5. The van der Waals surface area contributed by atoms with Gasteiger partial charge in [-0.2, -0.15) is 0 Å². The summed E-state index contributed by atoms with van der Waals surface area (Å²) in [4.78, 5) is 26.2. The van der Waals surface area contributed by atoms with Gasteiger partial charge in [0.15, 0.2) is 0 Å². The number of amides is 2. The van der Waals surface area contributed by atoms with Crippen LogP contribution in [0.2, 0.25) is 5.02 Å². The molecular formula is C17H24ClN3O5S. The lowest BCUT2D eigenvalue weighted by atomic mass is 9.98. The number of hydrogen-bond donors (Lipinski definition) is 1. The Kier molecular flexibility index (Phi) is 7.07. The largest absolute Gasteiger partial charge is 0.495 e. The Balaban J connectivity index is 1.98. The van der Waals surface area contributed by atoms with Crippen LogP contribution in [0.5, 0.6) is 5.75 Å². The molecule has 1 unspecified atom stereocenters. The van der Waals surface area contributed by atoms with Gasteiger partial charge in [-0.15, -0.1) is 0 Å². The Hall–Kier alpha value is -1.84. The van der Waals surface area contributed by atoms with E-state index < -0.39 is 21.8 Å². The molecule has 0 radical (unpaired) electrons. The summed E-state index contributed by atoms with van der Waals surface area (Å²) in [5.74, 6) is -0.650.